The summed E-state index contributed by atoms with van der Waals surface area (Å²) in [6.45, 7) is 2.60. The largest absolute Gasteiger partial charge is 0.511 e. The highest BCUT2D eigenvalue weighted by molar-refractivity contribution is 6.23. The summed E-state index contributed by atoms with van der Waals surface area (Å²) >= 11 is 0. The molecule has 4 rings (SSSR count). The van der Waals surface area contributed by atoms with E-state index in [1.165, 1.54) is 0 Å². The number of aryl methyl sites for hydroxylation is 2. The van der Waals surface area contributed by atoms with Crippen molar-refractivity contribution >= 4 is 17.3 Å². The molecular formula is C25H28N2O4. The van der Waals surface area contributed by atoms with Crippen LogP contribution in [-0.4, -0.2) is 34.1 Å². The standard InChI is InChI=1S/C25H28N2O4/c1-2-13-26-18(11-12-19-25-20(28)9-6-10-23(25)31-27-19)24-21(29)14-17(15-22(24)30)16-7-4-3-5-8-16/h3-5,7-8,17,29H,2,6,9-15H2,1H3. The number of hydrogen-bond acceptors (Lipinski definition) is 6. The Kier molecular flexibility index (Phi) is 6.44. The van der Waals surface area contributed by atoms with Crippen molar-refractivity contribution in [3.63, 3.8) is 0 Å². The summed E-state index contributed by atoms with van der Waals surface area (Å²) in [6, 6.07) is 9.83. The van der Waals surface area contributed by atoms with Crippen molar-refractivity contribution in [3.05, 3.63) is 64.2 Å². The molecular weight excluding hydrogens is 392 g/mol. The van der Waals surface area contributed by atoms with Gasteiger partial charge < -0.3 is 9.63 Å². The smallest absolute Gasteiger partial charge is 0.168 e. The number of fused-ring (bicyclic) bond motifs is 1. The van der Waals surface area contributed by atoms with Gasteiger partial charge in [-0.1, -0.05) is 42.4 Å². The molecule has 0 bridgehead atoms. The molecule has 2 aliphatic carbocycles. The fraction of sp³-hybridized carbons (Fsp3) is 0.440. The highest BCUT2D eigenvalue weighted by Crippen LogP contribution is 2.35. The number of aliphatic imine (C=N–C) groups is 1. The molecule has 0 fully saturated rings. The number of hydrogen-bond donors (Lipinski definition) is 1. The number of Topliss-reactive ketones (excluding diaryl/α,β-unsaturated/α-hetero) is 2. The molecule has 1 aromatic carbocycles. The van der Waals surface area contributed by atoms with E-state index >= 15 is 0 Å². The number of nitrogens with zero attached hydrogens (tertiary/aromatic N) is 2. The predicted molar refractivity (Wildman–Crippen MR) is 118 cm³/mol. The molecule has 2 aromatic rings. The van der Waals surface area contributed by atoms with Crippen molar-refractivity contribution in [2.24, 2.45) is 4.99 Å². The number of carbonyl (C=O) groups is 2. The third-order valence-electron chi connectivity index (χ3n) is 6.04. The Balaban J connectivity index is 1.56. The zero-order valence-electron chi connectivity index (χ0n) is 17.9. The van der Waals surface area contributed by atoms with Crippen molar-refractivity contribution in [1.82, 2.24) is 5.16 Å². The maximum absolute atomic E-state index is 13.1. The van der Waals surface area contributed by atoms with E-state index in [2.05, 4.69) is 10.1 Å². The average molecular weight is 421 g/mol. The van der Waals surface area contributed by atoms with E-state index < -0.39 is 0 Å². The van der Waals surface area contributed by atoms with Gasteiger partial charge in [-0.05, 0) is 37.2 Å². The van der Waals surface area contributed by atoms with E-state index in [4.69, 9.17) is 4.52 Å². The van der Waals surface area contributed by atoms with Gasteiger partial charge in [0.2, 0.25) is 0 Å². The first-order valence-electron chi connectivity index (χ1n) is 11.1. The van der Waals surface area contributed by atoms with Crippen LogP contribution in [0.25, 0.3) is 0 Å². The van der Waals surface area contributed by atoms with E-state index in [9.17, 15) is 14.7 Å². The van der Waals surface area contributed by atoms with E-state index in [1.54, 1.807) is 0 Å². The lowest BCUT2D eigenvalue weighted by molar-refractivity contribution is -0.116. The molecule has 0 saturated carbocycles. The first kappa shape index (κ1) is 21.2. The normalized spacial score (nSPS) is 19.6. The number of carbonyl (C=O) groups excluding carboxylic acids is 2. The first-order chi connectivity index (χ1) is 15.1. The molecule has 2 aliphatic rings. The Bertz CT molecular complexity index is 1030. The summed E-state index contributed by atoms with van der Waals surface area (Å²) in [6.07, 6.45) is 4.56. The molecule has 31 heavy (non-hydrogen) atoms. The van der Waals surface area contributed by atoms with Crippen molar-refractivity contribution in [2.75, 3.05) is 6.54 Å². The van der Waals surface area contributed by atoms with Crippen LogP contribution in [-0.2, 0) is 17.6 Å². The number of aliphatic hydroxyl groups excluding tert-OH is 1. The quantitative estimate of drug-likeness (QED) is 0.641. The molecule has 0 aliphatic heterocycles. The van der Waals surface area contributed by atoms with Crippen LogP contribution in [0, 0.1) is 0 Å². The molecule has 0 amide bonds. The lowest BCUT2D eigenvalue weighted by Crippen LogP contribution is -2.24. The number of rotatable bonds is 7. The monoisotopic (exact) mass is 420 g/mol. The lowest BCUT2D eigenvalue weighted by Gasteiger charge is -2.24. The minimum absolute atomic E-state index is 0.0231. The SMILES string of the molecule is CCCN=C(CCc1noc2c1C(=O)CCC2)C1=C(O)CC(c2ccccc2)CC1=O. The Labute approximate surface area is 182 Å². The van der Waals surface area contributed by atoms with E-state index in [0.717, 1.165) is 24.8 Å². The second kappa shape index (κ2) is 9.41. The third kappa shape index (κ3) is 4.53. The second-order valence-corrected chi connectivity index (χ2v) is 8.29. The zero-order valence-corrected chi connectivity index (χ0v) is 17.9. The van der Waals surface area contributed by atoms with Gasteiger partial charge in [-0.25, -0.2) is 0 Å². The van der Waals surface area contributed by atoms with Crippen LogP contribution in [0.5, 0.6) is 0 Å². The molecule has 162 valence electrons. The summed E-state index contributed by atoms with van der Waals surface area (Å²) in [5.41, 5.74) is 3.26. The summed E-state index contributed by atoms with van der Waals surface area (Å²) in [7, 11) is 0. The third-order valence-corrected chi connectivity index (χ3v) is 6.04. The van der Waals surface area contributed by atoms with Crippen LogP contribution >= 0.6 is 0 Å². The molecule has 1 N–H and O–H groups in total. The molecule has 1 aromatic heterocycles. The molecule has 0 saturated heterocycles. The minimum Gasteiger partial charge on any atom is -0.511 e. The minimum atomic E-state index is -0.0780. The van der Waals surface area contributed by atoms with E-state index in [0.29, 0.717) is 67.0 Å². The van der Waals surface area contributed by atoms with Crippen LogP contribution < -0.4 is 0 Å². The van der Waals surface area contributed by atoms with Crippen molar-refractivity contribution in [1.29, 1.82) is 0 Å². The fourth-order valence-corrected chi connectivity index (χ4v) is 4.50. The molecule has 6 heteroatoms. The van der Waals surface area contributed by atoms with Gasteiger partial charge in [-0.15, -0.1) is 0 Å². The van der Waals surface area contributed by atoms with Crippen molar-refractivity contribution in [3.8, 4) is 0 Å². The van der Waals surface area contributed by atoms with Gasteiger partial charge in [0.05, 0.1) is 16.8 Å². The van der Waals surface area contributed by atoms with Gasteiger partial charge >= 0.3 is 0 Å². The Hall–Kier alpha value is -3.02. The highest BCUT2D eigenvalue weighted by Gasteiger charge is 2.32. The summed E-state index contributed by atoms with van der Waals surface area (Å²) < 4.78 is 5.38. The molecule has 6 nitrogen and oxygen atoms in total. The van der Waals surface area contributed by atoms with Crippen LogP contribution in [0.15, 0.2) is 51.2 Å². The molecule has 0 radical (unpaired) electrons. The van der Waals surface area contributed by atoms with Crippen molar-refractivity contribution < 1.29 is 19.2 Å². The number of ketones is 2. The number of aliphatic hydroxyl groups is 1. The maximum atomic E-state index is 13.1. The van der Waals surface area contributed by atoms with Crippen LogP contribution in [0.3, 0.4) is 0 Å². The van der Waals surface area contributed by atoms with E-state index in [-0.39, 0.29) is 23.2 Å². The van der Waals surface area contributed by atoms with Crippen LogP contribution in [0.4, 0.5) is 0 Å². The lowest BCUT2D eigenvalue weighted by atomic mass is 9.80. The zero-order chi connectivity index (χ0) is 21.8. The molecule has 1 heterocycles. The Morgan fingerprint density at radius 3 is 2.71 bits per heavy atom. The topological polar surface area (TPSA) is 92.8 Å². The van der Waals surface area contributed by atoms with E-state index in [1.807, 2.05) is 37.3 Å². The predicted octanol–water partition coefficient (Wildman–Crippen LogP) is 4.94. The molecule has 1 unspecified atom stereocenters. The summed E-state index contributed by atoms with van der Waals surface area (Å²) in [5, 5.41) is 14.9. The van der Waals surface area contributed by atoms with Gasteiger partial charge in [-0.3, -0.25) is 14.6 Å². The van der Waals surface area contributed by atoms with Gasteiger partial charge in [0.25, 0.3) is 0 Å². The average Bonchev–Trinajstić information content (AvgIpc) is 3.19. The number of benzene rings is 1. The highest BCUT2D eigenvalue weighted by atomic mass is 16.5. The first-order valence-corrected chi connectivity index (χ1v) is 11.1. The maximum Gasteiger partial charge on any atom is 0.168 e. The van der Waals surface area contributed by atoms with Gasteiger partial charge in [-0.2, -0.15) is 0 Å². The number of aromatic nitrogens is 1. The van der Waals surface area contributed by atoms with Gasteiger partial charge in [0, 0.05) is 37.9 Å². The Morgan fingerprint density at radius 2 is 1.97 bits per heavy atom. The van der Waals surface area contributed by atoms with Crippen LogP contribution in [0.2, 0.25) is 0 Å². The number of allylic oxidation sites excluding steroid dienone is 2. The molecule has 0 spiro atoms. The second-order valence-electron chi connectivity index (χ2n) is 8.29. The van der Waals surface area contributed by atoms with Gasteiger partial charge in [0.1, 0.15) is 11.5 Å². The Morgan fingerprint density at radius 1 is 1.16 bits per heavy atom. The van der Waals surface area contributed by atoms with Crippen molar-refractivity contribution in [2.45, 2.75) is 64.2 Å². The summed E-state index contributed by atoms with van der Waals surface area (Å²) in [4.78, 5) is 30.0. The van der Waals surface area contributed by atoms with Crippen LogP contribution in [0.1, 0.15) is 78.7 Å². The molecule has 1 atom stereocenters. The fourth-order valence-electron chi connectivity index (χ4n) is 4.50. The summed E-state index contributed by atoms with van der Waals surface area (Å²) in [5.74, 6) is 0.750. The van der Waals surface area contributed by atoms with Gasteiger partial charge in [0.15, 0.2) is 11.6 Å².